The molecule has 8 aromatic heterocycles. The Hall–Kier alpha value is -17.7. The van der Waals surface area contributed by atoms with Gasteiger partial charge < -0.3 is 35.9 Å². The lowest BCUT2D eigenvalue weighted by molar-refractivity contribution is 0.672. The van der Waals surface area contributed by atoms with Crippen LogP contribution in [0, 0.1) is 45.3 Å². The zero-order chi connectivity index (χ0) is 82.1. The smallest absolute Gasteiger partial charge is 0.145 e. The topological polar surface area (TPSA) is 167 Å². The third-order valence-corrected chi connectivity index (χ3v) is 25.2. The second-order valence-corrected chi connectivity index (χ2v) is 31.7. The summed E-state index contributed by atoms with van der Waals surface area (Å²) < 4.78 is 36.0. The van der Waals surface area contributed by atoms with Gasteiger partial charge in [-0.2, -0.15) is 21.0 Å². The lowest BCUT2D eigenvalue weighted by Crippen LogP contribution is -2.00. The van der Waals surface area contributed by atoms with Crippen LogP contribution in [0.15, 0.2) is 382 Å². The van der Waals surface area contributed by atoms with Crippen LogP contribution in [-0.4, -0.2) is 18.3 Å². The number of para-hydroxylation sites is 8. The molecule has 0 radical (unpaired) electrons. The van der Waals surface area contributed by atoms with Crippen molar-refractivity contribution in [2.75, 3.05) is 0 Å². The number of furan rings is 4. The fourth-order valence-corrected chi connectivity index (χ4v) is 19.8. The van der Waals surface area contributed by atoms with Crippen LogP contribution < -0.4 is 0 Å². The third kappa shape index (κ3) is 10.3. The molecule has 0 aliphatic heterocycles. The van der Waals surface area contributed by atoms with E-state index in [0.717, 1.165) is 242 Å². The molecule has 8 heterocycles. The zero-order valence-corrected chi connectivity index (χ0v) is 65.9. The molecule has 26 rings (SSSR count). The molecule has 0 fully saturated rings. The Morgan fingerprint density at radius 2 is 0.468 bits per heavy atom. The highest BCUT2D eigenvalue weighted by atomic mass is 16.3. The molecule has 12 heteroatoms. The van der Waals surface area contributed by atoms with Crippen LogP contribution in [0.2, 0.25) is 0 Å². The van der Waals surface area contributed by atoms with Crippen LogP contribution in [0.3, 0.4) is 0 Å². The van der Waals surface area contributed by atoms with E-state index in [0.29, 0.717) is 22.3 Å². The molecule has 0 bridgehead atoms. The molecule has 18 aromatic carbocycles. The second kappa shape index (κ2) is 26.9. The SMILES string of the molecule is N#Cc1ccc(-c2ccc(-c3cc(-n4c5ccccc5c5c6oc7ccccc7c6ccc54)cc(-n4c5ccccc5c5c6oc7ccccc7c6ccc54)c3)cc2C#N)cc1.N#Cc1ccccc1-c1ccc(-c2cc(-n3c4ccccc4c4c5oc6ccccc6c5ccc43)cc(-n3c4ccccc4c4c5oc6ccccc6c5ccc43)c2)cc1C#N. The predicted molar refractivity (Wildman–Crippen MR) is 500 cm³/mol. The standard InChI is InChI=1S/2C56H30N4O2/c57-31-33-17-19-34(20-18-33)40-22-21-35(27-37(40)32-58)36-28-38(59-47-13-5-1-11-45(47)53-49(59)25-23-43-41-9-3-7-15-51(41)61-55(43)53)30-39(29-36)60-48-14-6-2-12-46(48)54-50(60)26-24-44-42-10-4-8-16-52(42)62-56(44)54;57-31-34-11-1-2-12-39(34)40-22-21-33(27-36(40)32-58)35-28-37(59-47-17-7-3-15-45(47)53-49(59)25-23-43-41-13-5-9-19-51(41)61-55(43)53)30-38(29-35)60-48-18-8-4-16-46(48)54-50(60)26-24-44-42-14-6-10-20-52(42)62-56(44)54/h2*1-30H. The Bertz CT molecular complexity index is 8930. The van der Waals surface area contributed by atoms with Gasteiger partial charge in [0.1, 0.15) is 44.7 Å². The van der Waals surface area contributed by atoms with Crippen LogP contribution in [0.25, 0.3) is 242 Å². The maximum atomic E-state index is 10.6. The Morgan fingerprint density at radius 3 is 0.806 bits per heavy atom. The summed E-state index contributed by atoms with van der Waals surface area (Å²) in [4.78, 5) is 0. The van der Waals surface area contributed by atoms with Crippen LogP contribution in [0.1, 0.15) is 22.3 Å². The number of rotatable bonds is 8. The Kier molecular flexibility index (Phi) is 15.1. The first-order valence-corrected chi connectivity index (χ1v) is 41.1. The summed E-state index contributed by atoms with van der Waals surface area (Å²) in [6.07, 6.45) is 0. The minimum Gasteiger partial charge on any atom is -0.455 e. The molecule has 0 N–H and O–H groups in total. The van der Waals surface area contributed by atoms with Crippen molar-refractivity contribution in [3.05, 3.63) is 386 Å². The Morgan fingerprint density at radius 1 is 0.185 bits per heavy atom. The molecule has 0 unspecified atom stereocenters. The predicted octanol–water partition coefficient (Wildman–Crippen LogP) is 29.5. The van der Waals surface area contributed by atoms with E-state index < -0.39 is 0 Å². The summed E-state index contributed by atoms with van der Waals surface area (Å²) in [5.41, 5.74) is 28.0. The van der Waals surface area contributed by atoms with Gasteiger partial charge in [0, 0.05) is 98.5 Å². The van der Waals surface area contributed by atoms with E-state index in [-0.39, 0.29) is 0 Å². The first-order valence-electron chi connectivity index (χ1n) is 41.1. The molecule has 124 heavy (non-hydrogen) atoms. The van der Waals surface area contributed by atoms with Gasteiger partial charge in [-0.3, -0.25) is 0 Å². The molecule has 0 amide bonds. The average molecular weight is 1580 g/mol. The lowest BCUT2D eigenvalue weighted by atomic mass is 9.93. The monoisotopic (exact) mass is 1580 g/mol. The maximum Gasteiger partial charge on any atom is 0.145 e. The number of nitriles is 4. The number of nitrogens with zero attached hydrogens (tertiary/aromatic N) is 8. The fraction of sp³-hybridized carbons (Fsp3) is 0. The first kappa shape index (κ1) is 69.4. The highest BCUT2D eigenvalue weighted by Crippen LogP contribution is 2.49. The molecular weight excluding hydrogens is 1520 g/mol. The van der Waals surface area contributed by atoms with Crippen molar-refractivity contribution in [1.29, 1.82) is 21.0 Å². The van der Waals surface area contributed by atoms with Crippen LogP contribution in [-0.2, 0) is 0 Å². The van der Waals surface area contributed by atoms with Crippen molar-refractivity contribution in [1.82, 2.24) is 18.3 Å². The van der Waals surface area contributed by atoms with Crippen LogP contribution in [0.4, 0.5) is 0 Å². The first-order chi connectivity index (χ1) is 61.3. The molecule has 0 saturated heterocycles. The summed E-state index contributed by atoms with van der Waals surface area (Å²) in [5, 5.41) is 57.9. The normalized spacial score (nSPS) is 11.8. The number of aromatic nitrogens is 4. The number of benzene rings is 18. The summed E-state index contributed by atoms with van der Waals surface area (Å²) in [6, 6.07) is 134. The molecule has 0 aliphatic rings. The zero-order valence-electron chi connectivity index (χ0n) is 65.9. The summed E-state index contributed by atoms with van der Waals surface area (Å²) >= 11 is 0. The van der Waals surface area contributed by atoms with E-state index >= 15 is 0 Å². The lowest BCUT2D eigenvalue weighted by Gasteiger charge is -2.16. The van der Waals surface area contributed by atoms with Crippen LogP contribution >= 0.6 is 0 Å². The van der Waals surface area contributed by atoms with Crippen LogP contribution in [0.5, 0.6) is 0 Å². The number of fused-ring (bicyclic) bond motifs is 28. The molecular formula is C112H60N8O4. The van der Waals surface area contributed by atoms with E-state index in [1.165, 1.54) is 0 Å². The molecule has 26 aromatic rings. The van der Waals surface area contributed by atoms with Gasteiger partial charge in [0.15, 0.2) is 0 Å². The van der Waals surface area contributed by atoms with E-state index in [4.69, 9.17) is 17.7 Å². The van der Waals surface area contributed by atoms with Crippen molar-refractivity contribution < 1.29 is 17.7 Å². The Labute approximate surface area is 705 Å². The highest BCUT2D eigenvalue weighted by molar-refractivity contribution is 6.28. The quantitative estimate of drug-likeness (QED) is 0.145. The van der Waals surface area contributed by atoms with Crippen molar-refractivity contribution >= 4 is 175 Å². The van der Waals surface area contributed by atoms with Gasteiger partial charge in [0.2, 0.25) is 0 Å². The molecule has 12 nitrogen and oxygen atoms in total. The fourth-order valence-electron chi connectivity index (χ4n) is 19.8. The van der Waals surface area contributed by atoms with Gasteiger partial charge >= 0.3 is 0 Å². The Balaban J connectivity index is 0.000000136. The van der Waals surface area contributed by atoms with E-state index in [9.17, 15) is 21.0 Å². The van der Waals surface area contributed by atoms with E-state index in [2.05, 4.69) is 285 Å². The van der Waals surface area contributed by atoms with Crippen molar-refractivity contribution in [2.45, 2.75) is 0 Å². The number of hydrogen-bond acceptors (Lipinski definition) is 8. The summed E-state index contributed by atoms with van der Waals surface area (Å²) in [7, 11) is 0. The van der Waals surface area contributed by atoms with Crippen molar-refractivity contribution in [2.24, 2.45) is 0 Å². The van der Waals surface area contributed by atoms with Crippen molar-refractivity contribution in [3.8, 4) is 91.5 Å². The van der Waals surface area contributed by atoms with E-state index in [1.807, 2.05) is 103 Å². The molecule has 0 spiro atoms. The summed E-state index contributed by atoms with van der Waals surface area (Å²) in [5.74, 6) is 0. The van der Waals surface area contributed by atoms with Gasteiger partial charge in [-0.05, 0) is 197 Å². The summed E-state index contributed by atoms with van der Waals surface area (Å²) in [6.45, 7) is 0. The molecule has 572 valence electrons. The van der Waals surface area contributed by atoms with Crippen molar-refractivity contribution in [3.63, 3.8) is 0 Å². The van der Waals surface area contributed by atoms with Gasteiger partial charge in [0.05, 0.1) is 112 Å². The van der Waals surface area contributed by atoms with E-state index in [1.54, 1.807) is 18.2 Å². The van der Waals surface area contributed by atoms with Gasteiger partial charge in [-0.1, -0.05) is 200 Å². The highest BCUT2D eigenvalue weighted by Gasteiger charge is 2.27. The van der Waals surface area contributed by atoms with Gasteiger partial charge in [-0.25, -0.2) is 0 Å². The van der Waals surface area contributed by atoms with Gasteiger partial charge in [-0.15, -0.1) is 0 Å². The number of hydrogen-bond donors (Lipinski definition) is 0. The maximum absolute atomic E-state index is 10.6. The average Bonchev–Trinajstić information content (AvgIpc) is 1.57. The molecule has 0 atom stereocenters. The minimum atomic E-state index is 0.491. The molecule has 0 saturated carbocycles. The van der Waals surface area contributed by atoms with Gasteiger partial charge in [0.25, 0.3) is 0 Å². The third-order valence-electron chi connectivity index (χ3n) is 25.2. The largest absolute Gasteiger partial charge is 0.455 e. The molecule has 0 aliphatic carbocycles. The second-order valence-electron chi connectivity index (χ2n) is 31.7. The minimum absolute atomic E-state index is 0.491.